The maximum atomic E-state index is 12.2. The van der Waals surface area contributed by atoms with Gasteiger partial charge in [-0.05, 0) is 25.0 Å². The minimum atomic E-state index is -0.500. The molecule has 3 aromatic rings. The highest BCUT2D eigenvalue weighted by molar-refractivity contribution is 7.16. The van der Waals surface area contributed by atoms with Gasteiger partial charge >= 0.3 is 0 Å². The number of aromatic nitrogens is 3. The summed E-state index contributed by atoms with van der Waals surface area (Å²) in [5.41, 5.74) is 10.2. The van der Waals surface area contributed by atoms with Crippen LogP contribution in [0.3, 0.4) is 0 Å². The Hall–Kier alpha value is -2.45. The summed E-state index contributed by atoms with van der Waals surface area (Å²) in [7, 11) is 0. The second-order valence-corrected chi connectivity index (χ2v) is 7.68. The lowest BCUT2D eigenvalue weighted by atomic mass is 10.1. The first kappa shape index (κ1) is 14.9. The van der Waals surface area contributed by atoms with Gasteiger partial charge in [0.15, 0.2) is 0 Å². The molecule has 1 aliphatic carbocycles. The van der Waals surface area contributed by atoms with Gasteiger partial charge in [0.25, 0.3) is 5.91 Å². The minimum absolute atomic E-state index is 0.143. The molecule has 0 radical (unpaired) electrons. The van der Waals surface area contributed by atoms with Crippen molar-refractivity contribution in [1.82, 2.24) is 14.8 Å². The molecule has 128 valence electrons. The third-order valence-electron chi connectivity index (χ3n) is 5.21. The van der Waals surface area contributed by atoms with Gasteiger partial charge in [-0.3, -0.25) is 4.79 Å². The topological polar surface area (TPSA) is 106 Å². The molecule has 0 saturated heterocycles. The minimum Gasteiger partial charge on any atom is -0.393 e. The van der Waals surface area contributed by atoms with Crippen LogP contribution in [0.25, 0.3) is 21.5 Å². The predicted molar refractivity (Wildman–Crippen MR) is 95.5 cm³/mol. The van der Waals surface area contributed by atoms with Crippen LogP contribution in [0.4, 0.5) is 5.82 Å². The quantitative estimate of drug-likeness (QED) is 0.650. The average molecular weight is 355 g/mol. The fourth-order valence-corrected chi connectivity index (χ4v) is 4.67. The number of amides is 1. The number of carbonyl (C=O) groups is 1. The molecule has 2 bridgehead atoms. The van der Waals surface area contributed by atoms with E-state index in [9.17, 15) is 9.90 Å². The van der Waals surface area contributed by atoms with Crippen LogP contribution in [0.2, 0.25) is 0 Å². The molecular weight excluding hydrogens is 338 g/mol. The third kappa shape index (κ3) is 2.25. The van der Waals surface area contributed by atoms with Crippen molar-refractivity contribution in [2.45, 2.75) is 31.5 Å². The Kier molecular flexibility index (Phi) is 3.13. The van der Waals surface area contributed by atoms with Gasteiger partial charge in [-0.2, -0.15) is 5.10 Å². The molecule has 8 heteroatoms. The summed E-state index contributed by atoms with van der Waals surface area (Å²) >= 11 is 1.57. The molecule has 5 rings (SSSR count). The monoisotopic (exact) mass is 355 g/mol. The molecule has 0 spiro atoms. The number of anilines is 1. The van der Waals surface area contributed by atoms with Crippen LogP contribution in [0, 0.1) is 5.92 Å². The normalized spacial score (nSPS) is 24.8. The van der Waals surface area contributed by atoms with Crippen LogP contribution >= 0.6 is 11.3 Å². The molecule has 2 aromatic heterocycles. The largest absolute Gasteiger partial charge is 0.393 e. The zero-order valence-corrected chi connectivity index (χ0v) is 14.2. The number of hydrogen-bond acceptors (Lipinski definition) is 6. The SMILES string of the molecule is NC(=O)c1c(-c2ccc3scnc3c2)nn2c1N[C@@H]1C[C@H](C2)[C@@H](O)C1. The van der Waals surface area contributed by atoms with Crippen LogP contribution in [0.1, 0.15) is 23.2 Å². The van der Waals surface area contributed by atoms with Crippen molar-refractivity contribution in [2.24, 2.45) is 11.7 Å². The van der Waals surface area contributed by atoms with E-state index >= 15 is 0 Å². The fourth-order valence-electron chi connectivity index (χ4n) is 4.01. The van der Waals surface area contributed by atoms with Crippen molar-refractivity contribution in [1.29, 1.82) is 0 Å². The lowest BCUT2D eigenvalue weighted by Crippen LogP contribution is -2.24. The first-order valence-corrected chi connectivity index (χ1v) is 9.17. The number of carbonyl (C=O) groups excluding carboxylic acids is 1. The highest BCUT2D eigenvalue weighted by Crippen LogP contribution is 2.38. The molecule has 2 aliphatic rings. The van der Waals surface area contributed by atoms with E-state index in [2.05, 4.69) is 15.4 Å². The van der Waals surface area contributed by atoms with E-state index in [1.165, 1.54) is 0 Å². The van der Waals surface area contributed by atoms with E-state index < -0.39 is 5.91 Å². The summed E-state index contributed by atoms with van der Waals surface area (Å²) in [6.45, 7) is 0.583. The number of rotatable bonds is 2. The van der Waals surface area contributed by atoms with Crippen LogP contribution in [0.15, 0.2) is 23.7 Å². The summed E-state index contributed by atoms with van der Waals surface area (Å²) in [4.78, 5) is 16.5. The molecule has 1 saturated carbocycles. The highest BCUT2D eigenvalue weighted by Gasteiger charge is 2.38. The van der Waals surface area contributed by atoms with E-state index in [-0.39, 0.29) is 18.1 Å². The van der Waals surface area contributed by atoms with Gasteiger partial charge in [0, 0.05) is 24.1 Å². The van der Waals surface area contributed by atoms with Crippen molar-refractivity contribution in [3.8, 4) is 11.3 Å². The fraction of sp³-hybridized carbons (Fsp3) is 0.353. The smallest absolute Gasteiger partial charge is 0.254 e. The lowest BCUT2D eigenvalue weighted by Gasteiger charge is -2.17. The van der Waals surface area contributed by atoms with Gasteiger partial charge < -0.3 is 16.2 Å². The van der Waals surface area contributed by atoms with Crippen molar-refractivity contribution in [2.75, 3.05) is 5.32 Å². The Labute approximate surface area is 147 Å². The van der Waals surface area contributed by atoms with E-state index in [4.69, 9.17) is 5.73 Å². The molecular formula is C17H17N5O2S. The van der Waals surface area contributed by atoms with Gasteiger partial charge in [0.2, 0.25) is 0 Å². The number of hydrogen-bond donors (Lipinski definition) is 3. The van der Waals surface area contributed by atoms with Crippen molar-refractivity contribution in [3.05, 3.63) is 29.3 Å². The van der Waals surface area contributed by atoms with Gasteiger partial charge in [0.05, 0.1) is 21.8 Å². The average Bonchev–Trinajstić information content (AvgIpc) is 3.23. The van der Waals surface area contributed by atoms with Crippen molar-refractivity contribution >= 4 is 33.3 Å². The molecule has 4 N–H and O–H groups in total. The number of benzene rings is 1. The maximum Gasteiger partial charge on any atom is 0.254 e. The number of thiazole rings is 1. The number of aliphatic hydroxyl groups excluding tert-OH is 1. The Morgan fingerprint density at radius 1 is 1.40 bits per heavy atom. The Bertz CT molecular complexity index is 994. The molecule has 1 aromatic carbocycles. The highest BCUT2D eigenvalue weighted by atomic mass is 32.1. The first-order chi connectivity index (χ1) is 12.1. The van der Waals surface area contributed by atoms with Gasteiger partial charge in [-0.15, -0.1) is 11.3 Å². The Morgan fingerprint density at radius 3 is 3.12 bits per heavy atom. The lowest BCUT2D eigenvalue weighted by molar-refractivity contribution is 0.100. The van der Waals surface area contributed by atoms with Crippen molar-refractivity contribution < 1.29 is 9.90 Å². The maximum absolute atomic E-state index is 12.2. The van der Waals surface area contributed by atoms with Crippen molar-refractivity contribution in [3.63, 3.8) is 0 Å². The Morgan fingerprint density at radius 2 is 2.28 bits per heavy atom. The van der Waals surface area contributed by atoms with E-state index in [0.29, 0.717) is 30.0 Å². The molecule has 3 atom stereocenters. The number of nitrogens with zero attached hydrogens (tertiary/aromatic N) is 3. The molecule has 25 heavy (non-hydrogen) atoms. The molecule has 7 nitrogen and oxygen atoms in total. The van der Waals surface area contributed by atoms with Gasteiger partial charge in [0.1, 0.15) is 17.1 Å². The number of primary amides is 1. The number of nitrogens with one attached hydrogen (secondary N) is 1. The summed E-state index contributed by atoms with van der Waals surface area (Å²) in [5.74, 6) is 0.314. The van der Waals surface area contributed by atoms with Gasteiger partial charge in [-0.25, -0.2) is 9.67 Å². The summed E-state index contributed by atoms with van der Waals surface area (Å²) < 4.78 is 2.87. The molecule has 1 fully saturated rings. The second kappa shape index (κ2) is 5.27. The zero-order valence-electron chi connectivity index (χ0n) is 13.3. The standard InChI is InChI=1S/C17H17N5O2S/c18-16(24)14-15(8-1-2-13-11(4-8)19-7-25-13)21-22-6-9-3-10(5-12(9)23)20-17(14)22/h1-2,4,7,9-10,12,20,23H,3,5-6H2,(H2,18,24)/t9-,10-,12+/m1/s1. The first-order valence-electron chi connectivity index (χ1n) is 8.29. The number of nitrogens with two attached hydrogens (primary N) is 1. The molecule has 1 aliphatic heterocycles. The molecule has 3 heterocycles. The molecule has 1 amide bonds. The Balaban J connectivity index is 1.67. The molecule has 0 unspecified atom stereocenters. The van der Waals surface area contributed by atoms with Crippen LogP contribution in [-0.4, -0.2) is 37.9 Å². The van der Waals surface area contributed by atoms with E-state index in [1.807, 2.05) is 18.2 Å². The van der Waals surface area contributed by atoms with Gasteiger partial charge in [-0.1, -0.05) is 6.07 Å². The van der Waals surface area contributed by atoms with E-state index in [1.54, 1.807) is 21.5 Å². The summed E-state index contributed by atoms with van der Waals surface area (Å²) in [6.07, 6.45) is 1.23. The zero-order chi connectivity index (χ0) is 17.1. The van der Waals surface area contributed by atoms with E-state index in [0.717, 1.165) is 22.2 Å². The summed E-state index contributed by atoms with van der Waals surface area (Å²) in [6, 6.07) is 6.01. The predicted octanol–water partition coefficient (Wildman–Crippen LogP) is 1.82. The van der Waals surface area contributed by atoms with Crippen LogP contribution < -0.4 is 11.1 Å². The number of aliphatic hydroxyl groups is 1. The van der Waals surface area contributed by atoms with Crippen LogP contribution in [0.5, 0.6) is 0 Å². The third-order valence-corrected chi connectivity index (χ3v) is 6.02. The van der Waals surface area contributed by atoms with Crippen LogP contribution in [-0.2, 0) is 6.54 Å². The second-order valence-electron chi connectivity index (χ2n) is 6.79. The number of fused-ring (bicyclic) bond motifs is 4. The summed E-state index contributed by atoms with van der Waals surface area (Å²) in [5, 5.41) is 18.2.